The molecule has 0 radical (unpaired) electrons. The van der Waals surface area contributed by atoms with Crippen LogP contribution in [-0.2, 0) is 11.2 Å². The molecule has 166 valence electrons. The third kappa shape index (κ3) is 5.75. The fourth-order valence-corrected chi connectivity index (χ4v) is 4.40. The highest BCUT2D eigenvalue weighted by atomic mass is 32.1. The van der Waals surface area contributed by atoms with Gasteiger partial charge in [0, 0.05) is 38.2 Å². The summed E-state index contributed by atoms with van der Waals surface area (Å²) in [4.78, 5) is 39.3. The Hall–Kier alpha value is -3.08. The Morgan fingerprint density at radius 2 is 2.00 bits per heavy atom. The maximum atomic E-state index is 12.7. The van der Waals surface area contributed by atoms with Crippen molar-refractivity contribution in [3.05, 3.63) is 38.9 Å². The lowest BCUT2D eigenvalue weighted by Crippen LogP contribution is -2.35. The van der Waals surface area contributed by atoms with E-state index in [9.17, 15) is 19.7 Å². The normalized spacial score (nSPS) is 13.5. The first-order valence-electron chi connectivity index (χ1n) is 10.2. The Morgan fingerprint density at radius 3 is 2.65 bits per heavy atom. The molecule has 0 saturated carbocycles. The van der Waals surface area contributed by atoms with Crippen LogP contribution in [0.4, 0.5) is 16.5 Å². The second-order valence-corrected chi connectivity index (χ2v) is 9.03. The van der Waals surface area contributed by atoms with E-state index in [0.29, 0.717) is 16.7 Å². The van der Waals surface area contributed by atoms with Crippen LogP contribution in [0.1, 0.15) is 42.1 Å². The van der Waals surface area contributed by atoms with E-state index >= 15 is 0 Å². The molecule has 1 fully saturated rings. The van der Waals surface area contributed by atoms with Crippen molar-refractivity contribution < 1.29 is 14.5 Å². The minimum atomic E-state index is -0.471. The average molecular weight is 447 g/mol. The molecular formula is C20H26N6O4S. The number of hydrogen-bond acceptors (Lipinski definition) is 8. The predicted octanol–water partition coefficient (Wildman–Crippen LogP) is 2.96. The molecule has 1 aliphatic rings. The number of anilines is 2. The van der Waals surface area contributed by atoms with Crippen molar-refractivity contribution >= 4 is 39.7 Å². The molecule has 0 bridgehead atoms. The average Bonchev–Trinajstić information content (AvgIpc) is 3.38. The van der Waals surface area contributed by atoms with Crippen molar-refractivity contribution in [3.8, 4) is 0 Å². The number of carbonyl (C=O) groups is 2. The van der Waals surface area contributed by atoms with E-state index in [1.807, 2.05) is 4.90 Å². The number of likely N-dealkylation sites (N-methyl/N-ethyl adjacent to an activating group) is 1. The van der Waals surface area contributed by atoms with Gasteiger partial charge in [0.1, 0.15) is 10.7 Å². The van der Waals surface area contributed by atoms with Crippen LogP contribution in [-0.4, -0.2) is 58.5 Å². The summed E-state index contributed by atoms with van der Waals surface area (Å²) in [7, 11) is 1.48. The molecule has 1 N–H and O–H groups in total. The van der Waals surface area contributed by atoms with Gasteiger partial charge in [-0.05, 0) is 30.9 Å². The number of nitrogens with one attached hydrogen (secondary N) is 1. The summed E-state index contributed by atoms with van der Waals surface area (Å²) >= 11 is 1.30. The fourth-order valence-electron chi connectivity index (χ4n) is 3.43. The molecule has 1 aromatic carbocycles. The maximum Gasteiger partial charge on any atom is 0.293 e. The molecule has 2 aromatic rings. The van der Waals surface area contributed by atoms with E-state index in [4.69, 9.17) is 0 Å². The van der Waals surface area contributed by atoms with Crippen LogP contribution in [0.25, 0.3) is 0 Å². The number of nitro groups is 1. The molecule has 3 rings (SSSR count). The Morgan fingerprint density at radius 1 is 1.29 bits per heavy atom. The van der Waals surface area contributed by atoms with E-state index in [2.05, 4.69) is 29.4 Å². The minimum absolute atomic E-state index is 0.0999. The van der Waals surface area contributed by atoms with Gasteiger partial charge in [-0.2, -0.15) is 0 Å². The predicted molar refractivity (Wildman–Crippen MR) is 119 cm³/mol. The quantitative estimate of drug-likeness (QED) is 0.489. The van der Waals surface area contributed by atoms with Crippen molar-refractivity contribution in [1.82, 2.24) is 15.1 Å². The Labute approximate surface area is 184 Å². The highest BCUT2D eigenvalue weighted by molar-refractivity contribution is 7.15. The first-order valence-corrected chi connectivity index (χ1v) is 11.0. The smallest absolute Gasteiger partial charge is 0.293 e. The number of nitro benzene ring substituents is 1. The van der Waals surface area contributed by atoms with Crippen molar-refractivity contribution in [1.29, 1.82) is 0 Å². The summed E-state index contributed by atoms with van der Waals surface area (Å²) < 4.78 is 0. The van der Waals surface area contributed by atoms with Gasteiger partial charge in [-0.25, -0.2) is 0 Å². The molecule has 31 heavy (non-hydrogen) atoms. The van der Waals surface area contributed by atoms with Gasteiger partial charge in [0.05, 0.1) is 11.5 Å². The van der Waals surface area contributed by atoms with Gasteiger partial charge >= 0.3 is 0 Å². The second-order valence-electron chi connectivity index (χ2n) is 7.96. The zero-order chi connectivity index (χ0) is 22.5. The van der Waals surface area contributed by atoms with Crippen LogP contribution in [0.2, 0.25) is 0 Å². The number of hydrogen-bond donors (Lipinski definition) is 1. The summed E-state index contributed by atoms with van der Waals surface area (Å²) in [5.74, 6) is -0.448. The molecule has 1 aromatic heterocycles. The largest absolute Gasteiger partial charge is 0.366 e. The van der Waals surface area contributed by atoms with Gasteiger partial charge in [0.2, 0.25) is 11.0 Å². The molecule has 10 nitrogen and oxygen atoms in total. The second kappa shape index (κ2) is 9.82. The lowest BCUT2D eigenvalue weighted by atomic mass is 10.1. The Bertz CT molecular complexity index is 970. The van der Waals surface area contributed by atoms with Gasteiger partial charge in [-0.1, -0.05) is 25.2 Å². The zero-order valence-corrected chi connectivity index (χ0v) is 18.6. The van der Waals surface area contributed by atoms with Gasteiger partial charge in [-0.15, -0.1) is 10.2 Å². The molecule has 1 aliphatic heterocycles. The molecule has 0 unspecified atom stereocenters. The van der Waals surface area contributed by atoms with Gasteiger partial charge in [0.25, 0.3) is 11.6 Å². The van der Waals surface area contributed by atoms with Gasteiger partial charge in [-0.3, -0.25) is 25.0 Å². The standard InChI is InChI=1S/C20H26N6O4S/c1-13(2)10-18-22-23-20(31-18)21-17(27)12-24(3)19(28)14-6-7-15(16(11-14)26(29)30)25-8-4-5-9-25/h6-7,11,13H,4-5,8-10,12H2,1-3H3,(H,21,23,27). The molecular weight excluding hydrogens is 420 g/mol. The zero-order valence-electron chi connectivity index (χ0n) is 17.8. The highest BCUT2D eigenvalue weighted by Crippen LogP contribution is 2.32. The van der Waals surface area contributed by atoms with Gasteiger partial charge < -0.3 is 9.80 Å². The number of rotatable bonds is 8. The van der Waals surface area contributed by atoms with E-state index in [-0.39, 0.29) is 17.8 Å². The first kappa shape index (κ1) is 22.6. The van der Waals surface area contributed by atoms with Crippen LogP contribution >= 0.6 is 11.3 Å². The third-order valence-corrected chi connectivity index (χ3v) is 5.75. The first-order chi connectivity index (χ1) is 14.7. The fraction of sp³-hybridized carbons (Fsp3) is 0.500. The number of nitrogens with zero attached hydrogens (tertiary/aromatic N) is 5. The molecule has 0 spiro atoms. The molecule has 11 heteroatoms. The van der Waals surface area contributed by atoms with Crippen molar-refractivity contribution in [3.63, 3.8) is 0 Å². The summed E-state index contributed by atoms with van der Waals surface area (Å²) in [5, 5.41) is 23.4. The van der Waals surface area contributed by atoms with E-state index < -0.39 is 16.7 Å². The summed E-state index contributed by atoms with van der Waals surface area (Å²) in [6, 6.07) is 4.47. The monoisotopic (exact) mass is 446 g/mol. The lowest BCUT2D eigenvalue weighted by Gasteiger charge is -2.19. The van der Waals surface area contributed by atoms with Crippen LogP contribution in [0.15, 0.2) is 18.2 Å². The number of carbonyl (C=O) groups excluding carboxylic acids is 2. The van der Waals surface area contributed by atoms with Crippen molar-refractivity contribution in [2.45, 2.75) is 33.1 Å². The molecule has 1 saturated heterocycles. The van der Waals surface area contributed by atoms with Crippen LogP contribution < -0.4 is 10.2 Å². The summed E-state index contributed by atoms with van der Waals surface area (Å²) in [6.07, 6.45) is 2.75. The van der Waals surface area contributed by atoms with Crippen molar-refractivity contribution in [2.75, 3.05) is 36.9 Å². The number of benzene rings is 1. The topological polar surface area (TPSA) is 122 Å². The van der Waals surface area contributed by atoms with Crippen LogP contribution in [0, 0.1) is 16.0 Å². The molecule has 0 aliphatic carbocycles. The van der Waals surface area contributed by atoms with Gasteiger partial charge in [0.15, 0.2) is 0 Å². The van der Waals surface area contributed by atoms with Crippen LogP contribution in [0.3, 0.4) is 0 Å². The Balaban J connectivity index is 1.65. The lowest BCUT2D eigenvalue weighted by molar-refractivity contribution is -0.384. The van der Waals surface area contributed by atoms with E-state index in [1.165, 1.54) is 29.4 Å². The summed E-state index contributed by atoms with van der Waals surface area (Å²) in [5.41, 5.74) is 0.588. The minimum Gasteiger partial charge on any atom is -0.366 e. The maximum absolute atomic E-state index is 12.7. The number of aromatic nitrogens is 2. The Kier molecular flexibility index (Phi) is 7.16. The summed E-state index contributed by atoms with van der Waals surface area (Å²) in [6.45, 7) is 5.46. The highest BCUT2D eigenvalue weighted by Gasteiger charge is 2.25. The molecule has 0 atom stereocenters. The molecule has 2 amide bonds. The van der Waals surface area contributed by atoms with Crippen LogP contribution in [0.5, 0.6) is 0 Å². The van der Waals surface area contributed by atoms with E-state index in [1.54, 1.807) is 12.1 Å². The van der Waals surface area contributed by atoms with E-state index in [0.717, 1.165) is 37.4 Å². The SMILES string of the molecule is CC(C)Cc1nnc(NC(=O)CN(C)C(=O)c2ccc(N3CCCC3)c([N+](=O)[O-])c2)s1. The van der Waals surface area contributed by atoms with Crippen molar-refractivity contribution in [2.24, 2.45) is 5.92 Å². The molecule has 2 heterocycles. The number of amides is 2. The third-order valence-electron chi connectivity index (χ3n) is 4.89.